The molecule has 5 rings (SSSR count). The maximum Gasteiger partial charge on any atom is 0.394 e. The molecular formula is C32H31F4N3O3S. The first-order valence-corrected chi connectivity index (χ1v) is 15.4. The number of alkyl halides is 3. The zero-order chi connectivity index (χ0) is 31.1. The van der Waals surface area contributed by atoms with Crippen molar-refractivity contribution in [2.75, 3.05) is 38.8 Å². The fourth-order valence-corrected chi connectivity index (χ4v) is 6.08. The van der Waals surface area contributed by atoms with Crippen LogP contribution in [0.2, 0.25) is 0 Å². The average Bonchev–Trinajstić information content (AvgIpc) is 3.17. The maximum absolute atomic E-state index is 15.6. The summed E-state index contributed by atoms with van der Waals surface area (Å²) in [6, 6.07) is 13.0. The van der Waals surface area contributed by atoms with Crippen molar-refractivity contribution < 1.29 is 30.7 Å². The van der Waals surface area contributed by atoms with Gasteiger partial charge in [-0.3, -0.25) is 0 Å². The molecule has 1 aliphatic rings. The van der Waals surface area contributed by atoms with Crippen LogP contribution >= 0.6 is 0 Å². The Morgan fingerprint density at radius 2 is 1.81 bits per heavy atom. The third-order valence-electron chi connectivity index (χ3n) is 7.68. The number of anilines is 1. The van der Waals surface area contributed by atoms with Crippen molar-refractivity contribution in [3.05, 3.63) is 76.7 Å². The van der Waals surface area contributed by atoms with Crippen molar-refractivity contribution in [2.24, 2.45) is 7.05 Å². The molecule has 0 spiro atoms. The molecule has 6 nitrogen and oxygen atoms in total. The Kier molecular flexibility index (Phi) is 8.20. The van der Waals surface area contributed by atoms with Crippen LogP contribution < -0.4 is 10.1 Å². The van der Waals surface area contributed by atoms with Crippen LogP contribution in [0.4, 0.5) is 23.2 Å². The first-order valence-electron chi connectivity index (χ1n) is 13.5. The van der Waals surface area contributed by atoms with Gasteiger partial charge in [-0.2, -0.15) is 13.2 Å². The minimum absolute atomic E-state index is 0.0152. The van der Waals surface area contributed by atoms with Crippen LogP contribution in [0.15, 0.2) is 53.4 Å². The van der Waals surface area contributed by atoms with Gasteiger partial charge >= 0.3 is 6.18 Å². The number of aromatic nitrogens is 1. The SMILES string of the molecule is COc1cc(S(C)(=O)=O)ccc1NCC#Cc1c(CC(F)(F)F)n(C)c2cc(-c3ccc4c(c3)CCN(C)C4)c(F)cc12. The van der Waals surface area contributed by atoms with Crippen LogP contribution in [0.3, 0.4) is 0 Å². The number of hydrogen-bond donors (Lipinski definition) is 1. The zero-order valence-electron chi connectivity index (χ0n) is 24.2. The first kappa shape index (κ1) is 30.4. The van der Waals surface area contributed by atoms with Gasteiger partial charge in [0, 0.05) is 49.1 Å². The molecule has 11 heteroatoms. The van der Waals surface area contributed by atoms with Crippen LogP contribution in [-0.4, -0.2) is 57.6 Å². The normalized spacial score (nSPS) is 13.9. The number of methoxy groups -OCH3 is 1. The third-order valence-corrected chi connectivity index (χ3v) is 8.79. The van der Waals surface area contributed by atoms with Crippen LogP contribution in [0.25, 0.3) is 22.0 Å². The Bertz CT molecular complexity index is 1890. The molecular weight excluding hydrogens is 582 g/mol. The van der Waals surface area contributed by atoms with Gasteiger partial charge in [0.2, 0.25) is 0 Å². The molecule has 0 atom stereocenters. The number of hydrogen-bond acceptors (Lipinski definition) is 5. The summed E-state index contributed by atoms with van der Waals surface area (Å²) < 4.78 is 87.0. The van der Waals surface area contributed by atoms with E-state index in [0.717, 1.165) is 31.3 Å². The lowest BCUT2D eigenvalue weighted by atomic mass is 9.94. The van der Waals surface area contributed by atoms with E-state index in [0.29, 0.717) is 27.7 Å². The highest BCUT2D eigenvalue weighted by Crippen LogP contribution is 2.36. The van der Waals surface area contributed by atoms with Gasteiger partial charge < -0.3 is 19.5 Å². The smallest absolute Gasteiger partial charge is 0.394 e. The topological polar surface area (TPSA) is 63.6 Å². The Balaban J connectivity index is 1.51. The summed E-state index contributed by atoms with van der Waals surface area (Å²) in [5, 5.41) is 3.30. The molecule has 0 aliphatic carbocycles. The second-order valence-corrected chi connectivity index (χ2v) is 12.8. The van der Waals surface area contributed by atoms with Crippen molar-refractivity contribution in [3.63, 3.8) is 0 Å². The Morgan fingerprint density at radius 1 is 1.05 bits per heavy atom. The van der Waals surface area contributed by atoms with E-state index >= 15 is 4.39 Å². The number of nitrogens with one attached hydrogen (secondary N) is 1. The summed E-state index contributed by atoms with van der Waals surface area (Å²) in [6.07, 6.45) is -3.80. The number of halogens is 4. The van der Waals surface area contributed by atoms with Crippen LogP contribution in [-0.2, 0) is 36.3 Å². The molecule has 4 aromatic rings. The Labute approximate surface area is 248 Å². The zero-order valence-corrected chi connectivity index (χ0v) is 25.0. The van der Waals surface area contributed by atoms with E-state index in [-0.39, 0.29) is 28.4 Å². The molecule has 0 saturated heterocycles. The number of likely N-dealkylation sites (N-methyl/N-ethyl adjacent to an activating group) is 1. The van der Waals surface area contributed by atoms with Gasteiger partial charge in [-0.15, -0.1) is 0 Å². The van der Waals surface area contributed by atoms with Crippen molar-refractivity contribution in [2.45, 2.75) is 30.5 Å². The van der Waals surface area contributed by atoms with Crippen molar-refractivity contribution in [1.29, 1.82) is 0 Å². The lowest BCUT2D eigenvalue weighted by molar-refractivity contribution is -0.128. The Morgan fingerprint density at radius 3 is 2.51 bits per heavy atom. The van der Waals surface area contributed by atoms with E-state index in [4.69, 9.17) is 4.74 Å². The third kappa shape index (κ3) is 6.50. The Hall–Kier alpha value is -4.01. The number of fused-ring (bicyclic) bond motifs is 2. The summed E-state index contributed by atoms with van der Waals surface area (Å²) >= 11 is 0. The van der Waals surface area contributed by atoms with Gasteiger partial charge in [-0.1, -0.05) is 30.0 Å². The molecule has 0 amide bonds. The summed E-state index contributed by atoms with van der Waals surface area (Å²) in [7, 11) is 1.53. The molecule has 0 bridgehead atoms. The molecule has 43 heavy (non-hydrogen) atoms. The first-order chi connectivity index (χ1) is 20.2. The minimum Gasteiger partial charge on any atom is -0.495 e. The van der Waals surface area contributed by atoms with Crippen LogP contribution in [0, 0.1) is 17.7 Å². The molecule has 0 unspecified atom stereocenters. The molecule has 2 heterocycles. The summed E-state index contributed by atoms with van der Waals surface area (Å²) in [6.45, 7) is 1.72. The van der Waals surface area contributed by atoms with Gasteiger partial charge in [0.15, 0.2) is 9.84 Å². The highest BCUT2D eigenvalue weighted by atomic mass is 32.2. The van der Waals surface area contributed by atoms with Gasteiger partial charge in [0.05, 0.1) is 41.7 Å². The predicted octanol–water partition coefficient (Wildman–Crippen LogP) is 5.95. The van der Waals surface area contributed by atoms with Gasteiger partial charge in [-0.25, -0.2) is 12.8 Å². The number of nitrogens with zero attached hydrogens (tertiary/aromatic N) is 2. The standard InChI is InChI=1S/C32H31F4N3O3S/c1-38-13-11-20-14-21(7-8-22(20)19-38)25-17-29-26(16-27(25)33)24(30(39(29)2)18-32(34,35)36)6-5-12-37-28-10-9-23(43(4,40)41)15-31(28)42-3/h7-10,14-17,37H,11-13,18-19H2,1-4H3. The van der Waals surface area contributed by atoms with Gasteiger partial charge in [0.1, 0.15) is 11.6 Å². The molecule has 3 aromatic carbocycles. The van der Waals surface area contributed by atoms with Crippen molar-refractivity contribution in [3.8, 4) is 28.7 Å². The molecule has 0 saturated carbocycles. The summed E-state index contributed by atoms with van der Waals surface area (Å²) in [5.41, 5.74) is 4.27. The van der Waals surface area contributed by atoms with Crippen LogP contribution in [0.1, 0.15) is 22.4 Å². The van der Waals surface area contributed by atoms with E-state index in [1.165, 1.54) is 48.6 Å². The highest BCUT2D eigenvalue weighted by Gasteiger charge is 2.32. The molecule has 0 fully saturated rings. The molecule has 0 radical (unpaired) electrons. The van der Waals surface area contributed by atoms with Crippen LogP contribution in [0.5, 0.6) is 5.75 Å². The van der Waals surface area contributed by atoms with E-state index < -0.39 is 28.3 Å². The number of aryl methyl sites for hydroxylation is 1. The maximum atomic E-state index is 15.6. The highest BCUT2D eigenvalue weighted by molar-refractivity contribution is 7.90. The fraction of sp³-hybridized carbons (Fsp3) is 0.312. The number of benzene rings is 3. The number of sulfone groups is 1. The fourth-order valence-electron chi connectivity index (χ4n) is 5.45. The second-order valence-electron chi connectivity index (χ2n) is 10.8. The molecule has 1 aromatic heterocycles. The largest absolute Gasteiger partial charge is 0.495 e. The van der Waals surface area contributed by atoms with Gasteiger partial charge in [0.25, 0.3) is 0 Å². The predicted molar refractivity (Wildman–Crippen MR) is 160 cm³/mol. The van der Waals surface area contributed by atoms with E-state index in [2.05, 4.69) is 22.1 Å². The van der Waals surface area contributed by atoms with Gasteiger partial charge in [-0.05, 0) is 54.4 Å². The summed E-state index contributed by atoms with van der Waals surface area (Å²) in [4.78, 5) is 2.29. The van der Waals surface area contributed by atoms with E-state index in [1.807, 2.05) is 25.2 Å². The lowest BCUT2D eigenvalue weighted by Crippen LogP contribution is -2.26. The number of rotatable bonds is 6. The van der Waals surface area contributed by atoms with Crippen molar-refractivity contribution >= 4 is 26.4 Å². The second kappa shape index (κ2) is 11.6. The summed E-state index contributed by atoms with van der Waals surface area (Å²) in [5.74, 6) is 5.41. The lowest BCUT2D eigenvalue weighted by Gasteiger charge is -2.25. The quantitative estimate of drug-likeness (QED) is 0.215. The number of ether oxygens (including phenoxy) is 1. The molecule has 1 N–H and O–H groups in total. The van der Waals surface area contributed by atoms with Crippen molar-refractivity contribution in [1.82, 2.24) is 9.47 Å². The average molecular weight is 614 g/mol. The monoisotopic (exact) mass is 613 g/mol. The minimum atomic E-state index is -4.50. The van der Waals surface area contributed by atoms with E-state index in [9.17, 15) is 21.6 Å². The van der Waals surface area contributed by atoms with E-state index in [1.54, 1.807) is 6.07 Å². The molecule has 226 valence electrons. The molecule has 1 aliphatic heterocycles.